The van der Waals surface area contributed by atoms with Crippen LogP contribution in [0.3, 0.4) is 0 Å². The Bertz CT molecular complexity index is 101. The molecule has 1 fully saturated rings. The van der Waals surface area contributed by atoms with Crippen LogP contribution in [0.25, 0.3) is 0 Å². The summed E-state index contributed by atoms with van der Waals surface area (Å²) in [6.45, 7) is 4.45. The molecule has 1 aliphatic rings. The maximum absolute atomic E-state index is 9.48. The van der Waals surface area contributed by atoms with Crippen LogP contribution in [0, 0.1) is 11.8 Å². The van der Waals surface area contributed by atoms with Gasteiger partial charge in [0, 0.05) is 0 Å². The second kappa shape index (κ2) is 3.38. The Morgan fingerprint density at radius 3 is 2.60 bits per heavy atom. The van der Waals surface area contributed by atoms with Crippen LogP contribution in [0.1, 0.15) is 39.5 Å². The minimum absolute atomic E-state index is 0.0232. The van der Waals surface area contributed by atoms with Gasteiger partial charge in [-0.1, -0.05) is 26.7 Å². The van der Waals surface area contributed by atoms with Crippen LogP contribution < -0.4 is 0 Å². The molecular formula is C9H18O. The molecule has 0 amide bonds. The number of aliphatic hydroxyl groups is 1. The van der Waals surface area contributed by atoms with E-state index in [2.05, 4.69) is 13.8 Å². The number of rotatable bonds is 0. The molecule has 0 aromatic carbocycles. The van der Waals surface area contributed by atoms with E-state index >= 15 is 0 Å². The smallest absolute Gasteiger partial charge is 0.0565 e. The maximum Gasteiger partial charge on any atom is 0.0565 e. The van der Waals surface area contributed by atoms with E-state index in [1.165, 1.54) is 19.3 Å². The van der Waals surface area contributed by atoms with Crippen molar-refractivity contribution < 1.29 is 5.11 Å². The molecule has 1 nitrogen and oxygen atoms in total. The van der Waals surface area contributed by atoms with E-state index in [1.54, 1.807) is 0 Å². The minimum atomic E-state index is -0.0232. The summed E-state index contributed by atoms with van der Waals surface area (Å²) in [7, 11) is 0. The summed E-state index contributed by atoms with van der Waals surface area (Å²) in [6.07, 6.45) is 4.73. The molecule has 3 atom stereocenters. The highest BCUT2D eigenvalue weighted by Crippen LogP contribution is 2.26. The Morgan fingerprint density at radius 2 is 1.90 bits per heavy atom. The van der Waals surface area contributed by atoms with E-state index in [0.717, 1.165) is 12.3 Å². The maximum atomic E-state index is 9.48. The van der Waals surface area contributed by atoms with Gasteiger partial charge in [-0.3, -0.25) is 0 Å². The lowest BCUT2D eigenvalue weighted by Gasteiger charge is -2.15. The van der Waals surface area contributed by atoms with Gasteiger partial charge in [-0.25, -0.2) is 0 Å². The molecule has 1 saturated carbocycles. The number of hydrogen-bond donors (Lipinski definition) is 1. The number of aliphatic hydroxyl groups excluding tert-OH is 1. The van der Waals surface area contributed by atoms with E-state index in [1.807, 2.05) is 0 Å². The molecular weight excluding hydrogens is 124 g/mol. The third-order valence-electron chi connectivity index (χ3n) is 2.63. The van der Waals surface area contributed by atoms with Crippen molar-refractivity contribution in [3.63, 3.8) is 0 Å². The second-order valence-corrected chi connectivity index (χ2v) is 3.82. The van der Waals surface area contributed by atoms with Gasteiger partial charge in [0.15, 0.2) is 0 Å². The first kappa shape index (κ1) is 8.06. The summed E-state index contributed by atoms with van der Waals surface area (Å²) < 4.78 is 0. The van der Waals surface area contributed by atoms with E-state index in [0.29, 0.717) is 5.92 Å². The van der Waals surface area contributed by atoms with Gasteiger partial charge in [-0.05, 0) is 24.7 Å². The van der Waals surface area contributed by atoms with Crippen molar-refractivity contribution >= 4 is 0 Å². The molecule has 1 aliphatic carbocycles. The van der Waals surface area contributed by atoms with Gasteiger partial charge in [0.25, 0.3) is 0 Å². The Morgan fingerprint density at radius 1 is 1.20 bits per heavy atom. The predicted octanol–water partition coefficient (Wildman–Crippen LogP) is 2.19. The first-order valence-corrected chi connectivity index (χ1v) is 4.38. The third kappa shape index (κ3) is 1.98. The zero-order valence-corrected chi connectivity index (χ0v) is 7.01. The van der Waals surface area contributed by atoms with Gasteiger partial charge < -0.3 is 5.11 Å². The van der Waals surface area contributed by atoms with Crippen LogP contribution in [-0.4, -0.2) is 11.2 Å². The molecule has 0 saturated heterocycles. The van der Waals surface area contributed by atoms with Crippen LogP contribution >= 0.6 is 0 Å². The average molecular weight is 142 g/mol. The lowest BCUT2D eigenvalue weighted by molar-refractivity contribution is 0.107. The predicted molar refractivity (Wildman–Crippen MR) is 42.8 cm³/mol. The van der Waals surface area contributed by atoms with Crippen molar-refractivity contribution in [1.82, 2.24) is 0 Å². The Hall–Kier alpha value is -0.0400. The van der Waals surface area contributed by atoms with Crippen LogP contribution in [0.5, 0.6) is 0 Å². The van der Waals surface area contributed by atoms with Gasteiger partial charge in [-0.2, -0.15) is 0 Å². The van der Waals surface area contributed by atoms with Crippen LogP contribution in [-0.2, 0) is 0 Å². The van der Waals surface area contributed by atoms with E-state index < -0.39 is 0 Å². The molecule has 0 aliphatic heterocycles. The summed E-state index contributed by atoms with van der Waals surface area (Å²) in [5.74, 6) is 1.35. The van der Waals surface area contributed by atoms with Crippen LogP contribution in [0.15, 0.2) is 0 Å². The molecule has 0 bridgehead atoms. The van der Waals surface area contributed by atoms with Gasteiger partial charge in [-0.15, -0.1) is 0 Å². The highest BCUT2D eigenvalue weighted by molar-refractivity contribution is 4.72. The van der Waals surface area contributed by atoms with Crippen LogP contribution in [0.4, 0.5) is 0 Å². The third-order valence-corrected chi connectivity index (χ3v) is 2.63. The van der Waals surface area contributed by atoms with E-state index in [-0.39, 0.29) is 6.10 Å². The molecule has 0 aromatic heterocycles. The normalized spacial score (nSPS) is 42.9. The summed E-state index contributed by atoms with van der Waals surface area (Å²) in [5.41, 5.74) is 0. The fraction of sp³-hybridized carbons (Fsp3) is 1.00. The summed E-state index contributed by atoms with van der Waals surface area (Å²) in [4.78, 5) is 0. The number of hydrogen-bond acceptors (Lipinski definition) is 1. The minimum Gasteiger partial charge on any atom is -0.393 e. The van der Waals surface area contributed by atoms with Crippen molar-refractivity contribution in [3.05, 3.63) is 0 Å². The average Bonchev–Trinajstić information content (AvgIpc) is 1.96. The summed E-state index contributed by atoms with van der Waals surface area (Å²) >= 11 is 0. The van der Waals surface area contributed by atoms with Crippen molar-refractivity contribution in [2.75, 3.05) is 0 Å². The van der Waals surface area contributed by atoms with Crippen LogP contribution in [0.2, 0.25) is 0 Å². The molecule has 0 aromatic rings. The molecule has 1 N–H and O–H groups in total. The first-order valence-electron chi connectivity index (χ1n) is 4.38. The van der Waals surface area contributed by atoms with Crippen molar-refractivity contribution in [2.45, 2.75) is 45.6 Å². The molecule has 60 valence electrons. The zero-order valence-electron chi connectivity index (χ0n) is 7.01. The van der Waals surface area contributed by atoms with Crippen molar-refractivity contribution in [2.24, 2.45) is 11.8 Å². The van der Waals surface area contributed by atoms with Gasteiger partial charge in [0.1, 0.15) is 0 Å². The molecule has 0 spiro atoms. The molecule has 1 heteroatoms. The lowest BCUT2D eigenvalue weighted by atomic mass is 9.95. The van der Waals surface area contributed by atoms with Gasteiger partial charge in [0.05, 0.1) is 6.10 Å². The Balaban J connectivity index is 2.41. The fourth-order valence-corrected chi connectivity index (χ4v) is 1.87. The second-order valence-electron chi connectivity index (χ2n) is 3.82. The monoisotopic (exact) mass is 142 g/mol. The standard InChI is InChI=1S/C9H18O/c1-7-4-3-5-9(10)8(2)6-7/h7-10H,3-6H2,1-2H3. The first-order chi connectivity index (χ1) is 4.70. The molecule has 0 heterocycles. The summed E-state index contributed by atoms with van der Waals surface area (Å²) in [6, 6.07) is 0. The molecule has 1 rings (SSSR count). The van der Waals surface area contributed by atoms with Gasteiger partial charge in [0.2, 0.25) is 0 Å². The summed E-state index contributed by atoms with van der Waals surface area (Å²) in [5, 5.41) is 9.48. The van der Waals surface area contributed by atoms with Gasteiger partial charge >= 0.3 is 0 Å². The SMILES string of the molecule is CC1CCCC(O)C(C)C1. The zero-order chi connectivity index (χ0) is 7.56. The van der Waals surface area contributed by atoms with Crippen molar-refractivity contribution in [1.29, 1.82) is 0 Å². The lowest BCUT2D eigenvalue weighted by Crippen LogP contribution is -2.16. The molecule has 10 heavy (non-hydrogen) atoms. The topological polar surface area (TPSA) is 20.2 Å². The van der Waals surface area contributed by atoms with Crippen molar-refractivity contribution in [3.8, 4) is 0 Å². The molecule has 3 unspecified atom stereocenters. The largest absolute Gasteiger partial charge is 0.393 e. The van der Waals surface area contributed by atoms with E-state index in [4.69, 9.17) is 0 Å². The quantitative estimate of drug-likeness (QED) is 0.514. The Kier molecular flexibility index (Phi) is 2.72. The molecule has 0 radical (unpaired) electrons. The highest BCUT2D eigenvalue weighted by Gasteiger charge is 2.20. The van der Waals surface area contributed by atoms with E-state index in [9.17, 15) is 5.11 Å². The highest BCUT2D eigenvalue weighted by atomic mass is 16.3. The fourth-order valence-electron chi connectivity index (χ4n) is 1.87. The Labute approximate surface area is 63.4 Å².